The van der Waals surface area contributed by atoms with E-state index in [9.17, 15) is 0 Å². The summed E-state index contributed by atoms with van der Waals surface area (Å²) in [5, 5.41) is 7.96. The molecule has 0 spiro atoms. The normalized spacial score (nSPS) is 16.9. The molecule has 120 valence electrons. The maximum Gasteiger partial charge on any atom is 0.227 e. The van der Waals surface area contributed by atoms with Crippen LogP contribution >= 0.6 is 0 Å². The minimum absolute atomic E-state index is 0.430. The van der Waals surface area contributed by atoms with Crippen molar-refractivity contribution in [1.29, 1.82) is 0 Å². The summed E-state index contributed by atoms with van der Waals surface area (Å²) < 4.78 is 15.5. The number of hydrogen-bond acceptors (Lipinski definition) is 8. The van der Waals surface area contributed by atoms with Gasteiger partial charge in [-0.15, -0.1) is 0 Å². The van der Waals surface area contributed by atoms with E-state index >= 15 is 0 Å². The highest BCUT2D eigenvalue weighted by molar-refractivity contribution is 5.51. The Balaban J connectivity index is 1.41. The molecule has 8 heteroatoms. The van der Waals surface area contributed by atoms with Crippen molar-refractivity contribution in [3.63, 3.8) is 0 Å². The fourth-order valence-electron chi connectivity index (χ4n) is 2.87. The second kappa shape index (κ2) is 5.62. The van der Waals surface area contributed by atoms with Crippen molar-refractivity contribution < 1.29 is 13.5 Å². The minimum atomic E-state index is -0.430. The molecule has 3 heterocycles. The van der Waals surface area contributed by atoms with Crippen LogP contribution in [-0.2, 0) is 18.4 Å². The molecule has 0 radical (unpaired) electrons. The molecule has 0 bridgehead atoms. The predicted octanol–water partition coefficient (Wildman–Crippen LogP) is 2.23. The molecule has 0 aromatic carbocycles. The number of furan rings is 1. The van der Waals surface area contributed by atoms with Crippen LogP contribution in [0.5, 0.6) is 0 Å². The summed E-state index contributed by atoms with van der Waals surface area (Å²) in [4.78, 5) is 8.74. The van der Waals surface area contributed by atoms with Gasteiger partial charge in [-0.3, -0.25) is 0 Å². The molecule has 23 heavy (non-hydrogen) atoms. The molecule has 3 aromatic rings. The molecule has 2 N–H and O–H groups in total. The van der Waals surface area contributed by atoms with Gasteiger partial charge in [0.2, 0.25) is 17.6 Å². The third kappa shape index (κ3) is 2.77. The summed E-state index contributed by atoms with van der Waals surface area (Å²) in [6, 6.07) is 1.78. The first-order valence-electron chi connectivity index (χ1n) is 7.70. The first-order chi connectivity index (χ1) is 11.2. The number of rotatable bonds is 5. The standard InChI is InChI=1S/C15H17N5O3/c16-15(6-1-2-7-15)14-18-12(23-20-14)4-3-11-17-13(19-22-11)10-5-8-21-9-10/h5,8-9H,1-4,6-7,16H2. The monoisotopic (exact) mass is 315 g/mol. The zero-order valence-electron chi connectivity index (χ0n) is 12.6. The van der Waals surface area contributed by atoms with E-state index in [4.69, 9.17) is 19.2 Å². The van der Waals surface area contributed by atoms with Crippen molar-refractivity contribution in [1.82, 2.24) is 20.3 Å². The topological polar surface area (TPSA) is 117 Å². The Kier molecular flexibility index (Phi) is 3.45. The summed E-state index contributed by atoms with van der Waals surface area (Å²) in [7, 11) is 0. The molecule has 4 rings (SSSR count). The lowest BCUT2D eigenvalue weighted by Gasteiger charge is -2.17. The van der Waals surface area contributed by atoms with Crippen LogP contribution in [0.3, 0.4) is 0 Å². The average molecular weight is 315 g/mol. The van der Waals surface area contributed by atoms with Crippen LogP contribution in [0.25, 0.3) is 11.4 Å². The van der Waals surface area contributed by atoms with Gasteiger partial charge in [0.25, 0.3) is 0 Å². The average Bonchev–Trinajstić information content (AvgIpc) is 3.31. The third-order valence-corrected chi connectivity index (χ3v) is 4.21. The highest BCUT2D eigenvalue weighted by Gasteiger charge is 2.35. The lowest BCUT2D eigenvalue weighted by atomic mass is 9.99. The van der Waals surface area contributed by atoms with Crippen LogP contribution in [-0.4, -0.2) is 20.3 Å². The Morgan fingerprint density at radius 1 is 1.04 bits per heavy atom. The summed E-state index contributed by atoms with van der Waals surface area (Å²) >= 11 is 0. The van der Waals surface area contributed by atoms with E-state index in [1.165, 1.54) is 0 Å². The number of nitrogens with zero attached hydrogens (tertiary/aromatic N) is 4. The van der Waals surface area contributed by atoms with Crippen LogP contribution in [0.4, 0.5) is 0 Å². The molecule has 0 unspecified atom stereocenters. The fourth-order valence-corrected chi connectivity index (χ4v) is 2.87. The van der Waals surface area contributed by atoms with E-state index in [1.807, 2.05) is 0 Å². The first-order valence-corrected chi connectivity index (χ1v) is 7.70. The van der Waals surface area contributed by atoms with Crippen LogP contribution in [0, 0.1) is 0 Å². The molecule has 1 saturated carbocycles. The van der Waals surface area contributed by atoms with Gasteiger partial charge in [-0.2, -0.15) is 9.97 Å². The first kappa shape index (κ1) is 14.1. The fraction of sp³-hybridized carbons (Fsp3) is 0.467. The largest absolute Gasteiger partial charge is 0.472 e. The molecule has 8 nitrogen and oxygen atoms in total. The highest BCUT2D eigenvalue weighted by atomic mass is 16.5. The quantitative estimate of drug-likeness (QED) is 0.761. The number of nitrogens with two attached hydrogens (primary N) is 1. The Bertz CT molecular complexity index is 771. The van der Waals surface area contributed by atoms with Gasteiger partial charge in [0.15, 0.2) is 5.82 Å². The molecule has 0 amide bonds. The molecule has 0 saturated heterocycles. The van der Waals surface area contributed by atoms with Gasteiger partial charge in [-0.1, -0.05) is 23.2 Å². The second-order valence-corrected chi connectivity index (χ2v) is 5.90. The van der Waals surface area contributed by atoms with Crippen LogP contribution in [0.1, 0.15) is 43.3 Å². The van der Waals surface area contributed by atoms with Gasteiger partial charge in [-0.05, 0) is 18.9 Å². The zero-order valence-corrected chi connectivity index (χ0v) is 12.6. The van der Waals surface area contributed by atoms with Crippen LogP contribution in [0.15, 0.2) is 32.1 Å². The van der Waals surface area contributed by atoms with Gasteiger partial charge in [0.1, 0.15) is 6.26 Å². The van der Waals surface area contributed by atoms with Crippen molar-refractivity contribution in [2.24, 2.45) is 5.73 Å². The van der Waals surface area contributed by atoms with Crippen molar-refractivity contribution in [2.45, 2.75) is 44.1 Å². The highest BCUT2D eigenvalue weighted by Crippen LogP contribution is 2.34. The van der Waals surface area contributed by atoms with Crippen molar-refractivity contribution in [3.8, 4) is 11.4 Å². The lowest BCUT2D eigenvalue weighted by Crippen LogP contribution is -2.34. The summed E-state index contributed by atoms with van der Waals surface area (Å²) in [5.74, 6) is 2.17. The Labute approximate surface area is 132 Å². The van der Waals surface area contributed by atoms with Crippen molar-refractivity contribution >= 4 is 0 Å². The summed E-state index contributed by atoms with van der Waals surface area (Å²) in [5.41, 5.74) is 6.68. The molecule has 1 aliphatic carbocycles. The van der Waals surface area contributed by atoms with E-state index in [2.05, 4.69) is 20.3 Å². The number of aryl methyl sites for hydroxylation is 2. The Morgan fingerprint density at radius 3 is 2.52 bits per heavy atom. The number of hydrogen-bond donors (Lipinski definition) is 1. The molecule has 1 fully saturated rings. The number of aromatic nitrogens is 4. The van der Waals surface area contributed by atoms with E-state index < -0.39 is 5.54 Å². The Hall–Kier alpha value is -2.48. The molecule has 0 atom stereocenters. The van der Waals surface area contributed by atoms with Crippen molar-refractivity contribution in [2.75, 3.05) is 0 Å². The minimum Gasteiger partial charge on any atom is -0.472 e. The van der Waals surface area contributed by atoms with E-state index in [1.54, 1.807) is 18.6 Å². The van der Waals surface area contributed by atoms with Crippen LogP contribution < -0.4 is 5.73 Å². The SMILES string of the molecule is NC1(c2noc(CCc3nc(-c4ccoc4)no3)n2)CCCC1. The van der Waals surface area contributed by atoms with Gasteiger partial charge >= 0.3 is 0 Å². The van der Waals surface area contributed by atoms with Crippen molar-refractivity contribution in [3.05, 3.63) is 36.2 Å². The van der Waals surface area contributed by atoms with Gasteiger partial charge in [0, 0.05) is 12.8 Å². The maximum atomic E-state index is 6.32. The van der Waals surface area contributed by atoms with Gasteiger partial charge in [0.05, 0.1) is 17.4 Å². The maximum absolute atomic E-state index is 6.32. The second-order valence-electron chi connectivity index (χ2n) is 5.90. The van der Waals surface area contributed by atoms with E-state index in [0.717, 1.165) is 31.2 Å². The van der Waals surface area contributed by atoms with E-state index in [0.29, 0.717) is 36.3 Å². The van der Waals surface area contributed by atoms with Gasteiger partial charge < -0.3 is 19.2 Å². The molecular formula is C15H17N5O3. The lowest BCUT2D eigenvalue weighted by molar-refractivity contribution is 0.339. The molecule has 0 aliphatic heterocycles. The Morgan fingerprint density at radius 2 is 1.78 bits per heavy atom. The molecular weight excluding hydrogens is 298 g/mol. The zero-order chi connectivity index (χ0) is 15.7. The summed E-state index contributed by atoms with van der Waals surface area (Å²) in [6.07, 6.45) is 8.24. The third-order valence-electron chi connectivity index (χ3n) is 4.21. The van der Waals surface area contributed by atoms with Crippen LogP contribution in [0.2, 0.25) is 0 Å². The molecule has 1 aliphatic rings. The smallest absolute Gasteiger partial charge is 0.227 e. The van der Waals surface area contributed by atoms with Gasteiger partial charge in [-0.25, -0.2) is 0 Å². The predicted molar refractivity (Wildman–Crippen MR) is 78.0 cm³/mol. The summed E-state index contributed by atoms with van der Waals surface area (Å²) in [6.45, 7) is 0. The van der Waals surface area contributed by atoms with E-state index in [-0.39, 0.29) is 0 Å². The molecule has 3 aromatic heterocycles.